The summed E-state index contributed by atoms with van der Waals surface area (Å²) in [5, 5.41) is 4.00. The number of oxime groups is 1. The van der Waals surface area contributed by atoms with Gasteiger partial charge in [-0.25, -0.2) is 4.39 Å². The Morgan fingerprint density at radius 3 is 2.70 bits per heavy atom. The highest BCUT2D eigenvalue weighted by molar-refractivity contribution is 6.04. The van der Waals surface area contributed by atoms with Gasteiger partial charge in [-0.1, -0.05) is 43.0 Å². The van der Waals surface area contributed by atoms with Crippen molar-refractivity contribution in [1.29, 1.82) is 0 Å². The molecular formula is C18H23FN2O2. The monoisotopic (exact) mass is 318 g/mol. The van der Waals surface area contributed by atoms with Crippen LogP contribution in [0.15, 0.2) is 29.4 Å². The second-order valence-electron chi connectivity index (χ2n) is 6.44. The first-order valence-corrected chi connectivity index (χ1v) is 8.40. The molecule has 1 heterocycles. The van der Waals surface area contributed by atoms with Crippen molar-refractivity contribution in [3.63, 3.8) is 0 Å². The molecule has 1 amide bonds. The predicted octanol–water partition coefficient (Wildman–Crippen LogP) is 3.50. The van der Waals surface area contributed by atoms with E-state index in [9.17, 15) is 9.18 Å². The number of nitrogens with zero attached hydrogens (tertiary/aromatic N) is 2. The van der Waals surface area contributed by atoms with Crippen molar-refractivity contribution in [3.8, 4) is 0 Å². The smallest absolute Gasteiger partial charge is 0.266 e. The molecule has 1 fully saturated rings. The van der Waals surface area contributed by atoms with Gasteiger partial charge in [0, 0.05) is 25.1 Å². The number of hydrogen-bond acceptors (Lipinski definition) is 3. The summed E-state index contributed by atoms with van der Waals surface area (Å²) in [6.07, 6.45) is 6.81. The van der Waals surface area contributed by atoms with Crippen LogP contribution in [0.3, 0.4) is 0 Å². The van der Waals surface area contributed by atoms with Crippen LogP contribution in [0.25, 0.3) is 0 Å². The first-order chi connectivity index (χ1) is 11.1. The van der Waals surface area contributed by atoms with Crippen molar-refractivity contribution >= 4 is 11.6 Å². The van der Waals surface area contributed by atoms with E-state index in [0.29, 0.717) is 23.7 Å². The lowest BCUT2D eigenvalue weighted by Gasteiger charge is -2.28. The molecule has 0 N–H and O–H groups in total. The van der Waals surface area contributed by atoms with Gasteiger partial charge < -0.3 is 9.74 Å². The second-order valence-corrected chi connectivity index (χ2v) is 6.44. The van der Waals surface area contributed by atoms with Crippen LogP contribution in [-0.2, 0) is 9.63 Å². The van der Waals surface area contributed by atoms with Gasteiger partial charge in [0.2, 0.25) is 6.10 Å². The Morgan fingerprint density at radius 1 is 1.26 bits per heavy atom. The van der Waals surface area contributed by atoms with E-state index in [0.717, 1.165) is 12.8 Å². The second kappa shape index (κ2) is 7.11. The van der Waals surface area contributed by atoms with Gasteiger partial charge in [0.15, 0.2) is 0 Å². The molecule has 4 nitrogen and oxygen atoms in total. The third-order valence-corrected chi connectivity index (χ3v) is 4.82. The Kier molecular flexibility index (Phi) is 4.94. The summed E-state index contributed by atoms with van der Waals surface area (Å²) >= 11 is 0. The molecule has 1 atom stereocenters. The highest BCUT2D eigenvalue weighted by atomic mass is 19.1. The minimum absolute atomic E-state index is 0.0212. The molecule has 0 aromatic heterocycles. The first-order valence-electron chi connectivity index (χ1n) is 8.40. The average Bonchev–Trinajstić information content (AvgIpc) is 2.89. The number of carbonyl (C=O) groups is 1. The zero-order valence-electron chi connectivity index (χ0n) is 13.5. The molecular weight excluding hydrogens is 295 g/mol. The molecule has 1 aromatic carbocycles. The summed E-state index contributed by atoms with van der Waals surface area (Å²) in [6, 6.07) is 6.53. The molecule has 1 unspecified atom stereocenters. The normalized spacial score (nSPS) is 22.2. The van der Waals surface area contributed by atoms with E-state index in [1.165, 1.54) is 37.8 Å². The highest BCUT2D eigenvalue weighted by Crippen LogP contribution is 2.24. The average molecular weight is 318 g/mol. The van der Waals surface area contributed by atoms with E-state index >= 15 is 0 Å². The third-order valence-electron chi connectivity index (χ3n) is 4.82. The molecule has 1 aromatic rings. The Labute approximate surface area is 136 Å². The lowest BCUT2D eigenvalue weighted by Crippen LogP contribution is -2.43. The minimum Gasteiger partial charge on any atom is -0.382 e. The van der Waals surface area contributed by atoms with Gasteiger partial charge in [-0.05, 0) is 25.0 Å². The Hall–Kier alpha value is -1.91. The van der Waals surface area contributed by atoms with E-state index in [4.69, 9.17) is 4.84 Å². The van der Waals surface area contributed by atoms with E-state index in [1.807, 2.05) is 11.9 Å². The molecule has 0 saturated heterocycles. The van der Waals surface area contributed by atoms with Crippen LogP contribution in [0.4, 0.5) is 4.39 Å². The van der Waals surface area contributed by atoms with Crippen LogP contribution in [0.2, 0.25) is 0 Å². The van der Waals surface area contributed by atoms with Crippen molar-refractivity contribution in [2.24, 2.45) is 5.16 Å². The quantitative estimate of drug-likeness (QED) is 0.801. The molecule has 1 saturated carbocycles. The third kappa shape index (κ3) is 3.71. The molecule has 0 radical (unpaired) electrons. The largest absolute Gasteiger partial charge is 0.382 e. The summed E-state index contributed by atoms with van der Waals surface area (Å²) in [4.78, 5) is 19.8. The fourth-order valence-electron chi connectivity index (χ4n) is 3.40. The van der Waals surface area contributed by atoms with Gasteiger partial charge in [-0.2, -0.15) is 0 Å². The van der Waals surface area contributed by atoms with Gasteiger partial charge in [0.1, 0.15) is 5.82 Å². The fourth-order valence-corrected chi connectivity index (χ4v) is 3.40. The lowest BCUT2D eigenvalue weighted by atomic mass is 10.0. The van der Waals surface area contributed by atoms with Crippen molar-refractivity contribution in [1.82, 2.24) is 4.90 Å². The summed E-state index contributed by atoms with van der Waals surface area (Å²) in [6.45, 7) is 0. The summed E-state index contributed by atoms with van der Waals surface area (Å²) in [5.41, 5.74) is 1.31. The van der Waals surface area contributed by atoms with Gasteiger partial charge in [-0.3, -0.25) is 4.79 Å². The standard InChI is InChI=1S/C18H23FN2O2/c1-21(15-9-4-2-3-5-10-15)18(22)17-12-16(20-23-17)13-7-6-8-14(19)11-13/h6-8,11,15,17H,2-5,9-10,12H2,1H3. The fraction of sp³-hybridized carbons (Fsp3) is 0.556. The highest BCUT2D eigenvalue weighted by Gasteiger charge is 2.33. The molecule has 5 heteroatoms. The van der Waals surface area contributed by atoms with Crippen LogP contribution in [-0.4, -0.2) is 35.7 Å². The first kappa shape index (κ1) is 16.0. The molecule has 1 aliphatic heterocycles. The number of carbonyl (C=O) groups excluding carboxylic acids is 1. The summed E-state index contributed by atoms with van der Waals surface area (Å²) in [5.74, 6) is -0.331. The zero-order chi connectivity index (χ0) is 16.2. The maximum absolute atomic E-state index is 13.3. The van der Waals surface area contributed by atoms with Gasteiger partial charge in [0.25, 0.3) is 5.91 Å². The van der Waals surface area contributed by atoms with Crippen molar-refractivity contribution in [2.45, 2.75) is 57.1 Å². The maximum Gasteiger partial charge on any atom is 0.266 e. The topological polar surface area (TPSA) is 41.9 Å². The molecule has 0 bridgehead atoms. The maximum atomic E-state index is 13.3. The number of rotatable bonds is 3. The van der Waals surface area contributed by atoms with Gasteiger partial charge in [0.05, 0.1) is 5.71 Å². The SMILES string of the molecule is CN(C(=O)C1CC(c2cccc(F)c2)=NO1)C1CCCCCC1. The number of hydrogen-bond donors (Lipinski definition) is 0. The zero-order valence-corrected chi connectivity index (χ0v) is 13.5. The van der Waals surface area contributed by atoms with E-state index in [-0.39, 0.29) is 11.7 Å². The minimum atomic E-state index is -0.582. The van der Waals surface area contributed by atoms with E-state index in [1.54, 1.807) is 12.1 Å². The Morgan fingerprint density at radius 2 is 2.00 bits per heavy atom. The number of likely N-dealkylation sites (N-methyl/N-ethyl adjacent to an activating group) is 1. The number of halogens is 1. The molecule has 1 aliphatic carbocycles. The van der Waals surface area contributed by atoms with E-state index < -0.39 is 6.10 Å². The molecule has 124 valence electrons. The van der Waals surface area contributed by atoms with Crippen LogP contribution in [0, 0.1) is 5.82 Å². The molecule has 2 aliphatic rings. The van der Waals surface area contributed by atoms with Crippen LogP contribution < -0.4 is 0 Å². The Bertz CT molecular complexity index is 594. The van der Waals surface area contributed by atoms with Gasteiger partial charge in [-0.15, -0.1) is 0 Å². The molecule has 3 rings (SSSR count). The van der Waals surface area contributed by atoms with Crippen LogP contribution in [0.1, 0.15) is 50.5 Å². The summed E-state index contributed by atoms with van der Waals surface area (Å²) < 4.78 is 13.3. The van der Waals surface area contributed by atoms with Crippen LogP contribution in [0.5, 0.6) is 0 Å². The van der Waals surface area contributed by atoms with Gasteiger partial charge >= 0.3 is 0 Å². The Balaban J connectivity index is 1.61. The summed E-state index contributed by atoms with van der Waals surface area (Å²) in [7, 11) is 1.86. The predicted molar refractivity (Wildman–Crippen MR) is 86.7 cm³/mol. The van der Waals surface area contributed by atoms with E-state index in [2.05, 4.69) is 5.16 Å². The van der Waals surface area contributed by atoms with Crippen molar-refractivity contribution in [2.75, 3.05) is 7.05 Å². The van der Waals surface area contributed by atoms with Crippen LogP contribution >= 0.6 is 0 Å². The molecule has 23 heavy (non-hydrogen) atoms. The van der Waals surface area contributed by atoms with Crippen molar-refractivity contribution < 1.29 is 14.0 Å². The lowest BCUT2D eigenvalue weighted by molar-refractivity contribution is -0.143. The molecule has 0 spiro atoms. The number of amides is 1. The number of benzene rings is 1. The van der Waals surface area contributed by atoms with Crippen molar-refractivity contribution in [3.05, 3.63) is 35.6 Å².